The molecule has 1 aliphatic heterocycles. The molecular formula is C18H21N3O3. The highest BCUT2D eigenvalue weighted by Gasteiger charge is 2.20. The molecule has 0 N–H and O–H groups in total. The maximum absolute atomic E-state index is 12.7. The molecule has 0 aliphatic carbocycles. The summed E-state index contributed by atoms with van der Waals surface area (Å²) < 4.78 is 11.4. The van der Waals surface area contributed by atoms with Crippen LogP contribution >= 0.6 is 0 Å². The summed E-state index contributed by atoms with van der Waals surface area (Å²) in [6, 6.07) is 7.30. The van der Waals surface area contributed by atoms with Crippen LogP contribution in [0.25, 0.3) is 0 Å². The molecule has 2 aromatic rings. The van der Waals surface area contributed by atoms with Crippen LogP contribution in [0.3, 0.4) is 0 Å². The first-order chi connectivity index (χ1) is 11.7. The number of ether oxygens (including phenoxy) is 2. The summed E-state index contributed by atoms with van der Waals surface area (Å²) in [6.07, 6.45) is 7.07. The van der Waals surface area contributed by atoms with Crippen molar-refractivity contribution in [1.29, 1.82) is 0 Å². The van der Waals surface area contributed by atoms with Crippen LogP contribution in [-0.4, -0.2) is 47.1 Å². The number of hydrogen-bond donors (Lipinski definition) is 0. The number of rotatable bonds is 6. The van der Waals surface area contributed by atoms with Crippen molar-refractivity contribution in [1.82, 2.24) is 14.9 Å². The number of nitrogens with zero attached hydrogens (tertiary/aromatic N) is 3. The van der Waals surface area contributed by atoms with Crippen molar-refractivity contribution in [2.75, 3.05) is 20.3 Å². The number of hydrogen-bond acceptors (Lipinski definition) is 5. The van der Waals surface area contributed by atoms with Gasteiger partial charge >= 0.3 is 0 Å². The summed E-state index contributed by atoms with van der Waals surface area (Å²) in [6.45, 7) is 1.65. The Balaban J connectivity index is 1.67. The Kier molecular flexibility index (Phi) is 5.38. The van der Waals surface area contributed by atoms with Crippen LogP contribution in [0.15, 0.2) is 42.9 Å². The van der Waals surface area contributed by atoms with Crippen molar-refractivity contribution in [2.45, 2.75) is 25.5 Å². The van der Waals surface area contributed by atoms with E-state index in [1.54, 1.807) is 36.6 Å². The zero-order valence-corrected chi connectivity index (χ0v) is 13.7. The summed E-state index contributed by atoms with van der Waals surface area (Å²) >= 11 is 0. The monoisotopic (exact) mass is 327 g/mol. The summed E-state index contributed by atoms with van der Waals surface area (Å²) in [4.78, 5) is 22.6. The second-order valence-corrected chi connectivity index (χ2v) is 5.80. The smallest absolute Gasteiger partial charge is 0.257 e. The fourth-order valence-electron chi connectivity index (χ4n) is 2.66. The predicted octanol–water partition coefficient (Wildman–Crippen LogP) is 2.31. The summed E-state index contributed by atoms with van der Waals surface area (Å²) in [5.41, 5.74) is 1.29. The molecule has 0 saturated carbocycles. The SMILES string of the molecule is CN(Cc1cnccn1)C(=O)c1ccccc1OCC1CCCO1. The molecule has 1 saturated heterocycles. The number of benzene rings is 1. The molecule has 1 amide bonds. The quantitative estimate of drug-likeness (QED) is 0.814. The molecule has 2 heterocycles. The molecule has 3 rings (SSSR count). The molecule has 126 valence electrons. The molecule has 0 radical (unpaired) electrons. The van der Waals surface area contributed by atoms with E-state index in [2.05, 4.69) is 9.97 Å². The topological polar surface area (TPSA) is 64.6 Å². The number of carbonyl (C=O) groups is 1. The summed E-state index contributed by atoms with van der Waals surface area (Å²) in [7, 11) is 1.74. The van der Waals surface area contributed by atoms with E-state index in [1.807, 2.05) is 18.2 Å². The van der Waals surface area contributed by atoms with Gasteiger partial charge in [-0.25, -0.2) is 0 Å². The Labute approximate surface area is 141 Å². The number of carbonyl (C=O) groups excluding carboxylic acids is 1. The Hall–Kier alpha value is -2.47. The van der Waals surface area contributed by atoms with Gasteiger partial charge in [0, 0.05) is 26.0 Å². The minimum Gasteiger partial charge on any atom is -0.490 e. The third-order valence-corrected chi connectivity index (χ3v) is 3.93. The van der Waals surface area contributed by atoms with Gasteiger partial charge in [-0.15, -0.1) is 0 Å². The van der Waals surface area contributed by atoms with Gasteiger partial charge in [0.1, 0.15) is 12.4 Å². The molecule has 1 atom stereocenters. The first-order valence-electron chi connectivity index (χ1n) is 8.08. The van der Waals surface area contributed by atoms with Gasteiger partial charge < -0.3 is 14.4 Å². The summed E-state index contributed by atoms with van der Waals surface area (Å²) in [5, 5.41) is 0. The zero-order chi connectivity index (χ0) is 16.8. The molecular weight excluding hydrogens is 306 g/mol. The molecule has 1 aliphatic rings. The van der Waals surface area contributed by atoms with Crippen molar-refractivity contribution in [3.05, 3.63) is 54.1 Å². The second-order valence-electron chi connectivity index (χ2n) is 5.80. The zero-order valence-electron chi connectivity index (χ0n) is 13.7. The highest BCUT2D eigenvalue weighted by molar-refractivity contribution is 5.96. The molecule has 0 bridgehead atoms. The number of para-hydroxylation sites is 1. The lowest BCUT2D eigenvalue weighted by atomic mass is 10.1. The molecule has 1 unspecified atom stereocenters. The predicted molar refractivity (Wildman–Crippen MR) is 88.7 cm³/mol. The van der Waals surface area contributed by atoms with Gasteiger partial charge in [-0.2, -0.15) is 0 Å². The van der Waals surface area contributed by atoms with Gasteiger partial charge in [-0.3, -0.25) is 14.8 Å². The van der Waals surface area contributed by atoms with Crippen molar-refractivity contribution in [3.8, 4) is 5.75 Å². The average molecular weight is 327 g/mol. The van der Waals surface area contributed by atoms with E-state index >= 15 is 0 Å². The van der Waals surface area contributed by atoms with Crippen molar-refractivity contribution >= 4 is 5.91 Å². The van der Waals surface area contributed by atoms with Crippen molar-refractivity contribution < 1.29 is 14.3 Å². The molecule has 1 fully saturated rings. The van der Waals surface area contributed by atoms with Gasteiger partial charge in [-0.1, -0.05) is 12.1 Å². The van der Waals surface area contributed by atoms with Crippen LogP contribution in [0.4, 0.5) is 0 Å². The van der Waals surface area contributed by atoms with E-state index < -0.39 is 0 Å². The third kappa shape index (κ3) is 4.08. The molecule has 24 heavy (non-hydrogen) atoms. The van der Waals surface area contributed by atoms with E-state index in [0.29, 0.717) is 24.5 Å². The highest BCUT2D eigenvalue weighted by Crippen LogP contribution is 2.22. The van der Waals surface area contributed by atoms with Crippen LogP contribution in [0.5, 0.6) is 5.75 Å². The van der Waals surface area contributed by atoms with Crippen molar-refractivity contribution in [2.24, 2.45) is 0 Å². The Bertz CT molecular complexity index is 672. The van der Waals surface area contributed by atoms with E-state index in [9.17, 15) is 4.79 Å². The van der Waals surface area contributed by atoms with Gasteiger partial charge in [0.15, 0.2) is 0 Å². The van der Waals surface area contributed by atoms with E-state index in [1.165, 1.54) is 0 Å². The minimum absolute atomic E-state index is 0.108. The van der Waals surface area contributed by atoms with Crippen LogP contribution in [0, 0.1) is 0 Å². The Morgan fingerprint density at radius 2 is 2.25 bits per heavy atom. The standard InChI is InChI=1S/C18H21N3O3/c1-21(12-14-11-19-8-9-20-14)18(22)16-6-2-3-7-17(16)24-13-15-5-4-10-23-15/h2-3,6-9,11,15H,4-5,10,12-13H2,1H3. The van der Waals surface area contributed by atoms with E-state index in [0.717, 1.165) is 25.1 Å². The van der Waals surface area contributed by atoms with E-state index in [4.69, 9.17) is 9.47 Å². The Morgan fingerprint density at radius 3 is 3.00 bits per heavy atom. The van der Waals surface area contributed by atoms with Gasteiger partial charge in [0.2, 0.25) is 0 Å². The fraction of sp³-hybridized carbons (Fsp3) is 0.389. The first kappa shape index (κ1) is 16.4. The minimum atomic E-state index is -0.108. The van der Waals surface area contributed by atoms with Crippen LogP contribution in [0.2, 0.25) is 0 Å². The lowest BCUT2D eigenvalue weighted by Crippen LogP contribution is -2.27. The second kappa shape index (κ2) is 7.88. The Morgan fingerprint density at radius 1 is 1.38 bits per heavy atom. The van der Waals surface area contributed by atoms with Crippen LogP contribution < -0.4 is 4.74 Å². The van der Waals surface area contributed by atoms with Gasteiger partial charge in [-0.05, 0) is 25.0 Å². The van der Waals surface area contributed by atoms with Crippen molar-refractivity contribution in [3.63, 3.8) is 0 Å². The van der Waals surface area contributed by atoms with Gasteiger partial charge in [0.25, 0.3) is 5.91 Å². The van der Waals surface area contributed by atoms with Crippen LogP contribution in [0.1, 0.15) is 28.9 Å². The van der Waals surface area contributed by atoms with Gasteiger partial charge in [0.05, 0.1) is 30.1 Å². The third-order valence-electron chi connectivity index (χ3n) is 3.93. The fourth-order valence-corrected chi connectivity index (χ4v) is 2.66. The largest absolute Gasteiger partial charge is 0.490 e. The number of amides is 1. The lowest BCUT2D eigenvalue weighted by molar-refractivity contribution is 0.0656. The molecule has 0 spiro atoms. The number of aromatic nitrogens is 2. The maximum atomic E-state index is 12.7. The lowest BCUT2D eigenvalue weighted by Gasteiger charge is -2.19. The molecule has 1 aromatic heterocycles. The van der Waals surface area contributed by atoms with Crippen LogP contribution in [-0.2, 0) is 11.3 Å². The normalized spacial score (nSPS) is 16.8. The van der Waals surface area contributed by atoms with E-state index in [-0.39, 0.29) is 12.0 Å². The molecule has 6 heteroatoms. The average Bonchev–Trinajstić information content (AvgIpc) is 3.14. The highest BCUT2D eigenvalue weighted by atomic mass is 16.5. The molecule has 6 nitrogen and oxygen atoms in total. The first-order valence-corrected chi connectivity index (χ1v) is 8.08. The maximum Gasteiger partial charge on any atom is 0.257 e. The molecule has 1 aromatic carbocycles. The summed E-state index contributed by atoms with van der Waals surface area (Å²) in [5.74, 6) is 0.479.